The van der Waals surface area contributed by atoms with E-state index in [-0.39, 0.29) is 17.9 Å². The Morgan fingerprint density at radius 3 is 2.42 bits per heavy atom. The highest BCUT2D eigenvalue weighted by atomic mass is 32.2. The number of ether oxygens (including phenoxy) is 1. The highest BCUT2D eigenvalue weighted by Gasteiger charge is 2.50. The average molecular weight is 530 g/mol. The number of carbonyl (C=O) groups is 2. The number of nitrogens with one attached hydrogen (secondary N) is 1. The van der Waals surface area contributed by atoms with Crippen LogP contribution in [0.2, 0.25) is 0 Å². The smallest absolute Gasteiger partial charge is 0.445 e. The van der Waals surface area contributed by atoms with Crippen LogP contribution in [0.5, 0.6) is 5.88 Å². The summed E-state index contributed by atoms with van der Waals surface area (Å²) in [7, 11) is -6.07. The molecule has 0 bridgehead atoms. The van der Waals surface area contributed by atoms with E-state index in [0.29, 0.717) is 12.8 Å². The lowest BCUT2D eigenvalue weighted by Gasteiger charge is -2.45. The van der Waals surface area contributed by atoms with Crippen molar-refractivity contribution in [3.05, 3.63) is 53.7 Å². The van der Waals surface area contributed by atoms with Gasteiger partial charge in [-0.3, -0.25) is 4.79 Å². The Balaban J connectivity index is 2.02. The first-order valence-corrected chi connectivity index (χ1v) is 12.5. The van der Waals surface area contributed by atoms with Gasteiger partial charge in [-0.05, 0) is 18.1 Å². The minimum absolute atomic E-state index is 0.0207. The molecule has 1 aromatic carbocycles. The largest absolute Gasteiger partial charge is 0.534 e. The van der Waals surface area contributed by atoms with Crippen LogP contribution >= 0.6 is 0 Å². The number of anilines is 1. The molecular weight excluding hydrogens is 503 g/mol. The van der Waals surface area contributed by atoms with E-state index in [0.717, 1.165) is 11.8 Å². The van der Waals surface area contributed by atoms with E-state index >= 15 is 0 Å². The van der Waals surface area contributed by atoms with Crippen molar-refractivity contribution in [2.24, 2.45) is 5.92 Å². The van der Waals surface area contributed by atoms with Gasteiger partial charge >= 0.3 is 21.7 Å². The van der Waals surface area contributed by atoms with Crippen molar-refractivity contribution in [1.29, 1.82) is 0 Å². The van der Waals surface area contributed by atoms with Crippen LogP contribution in [0.3, 0.4) is 0 Å². The summed E-state index contributed by atoms with van der Waals surface area (Å²) in [6.45, 7) is 4.81. The quantitative estimate of drug-likeness (QED) is 0.416. The Morgan fingerprint density at radius 1 is 1.17 bits per heavy atom. The number of nitrogens with zero attached hydrogens (tertiary/aromatic N) is 2. The summed E-state index contributed by atoms with van der Waals surface area (Å²) >= 11 is 0. The van der Waals surface area contributed by atoms with Gasteiger partial charge in [-0.1, -0.05) is 50.6 Å². The Bertz CT molecular complexity index is 1210. The Kier molecular flexibility index (Phi) is 8.12. The van der Waals surface area contributed by atoms with E-state index in [2.05, 4.69) is 14.5 Å². The van der Waals surface area contributed by atoms with Gasteiger partial charge in [-0.15, -0.1) is 0 Å². The second kappa shape index (κ2) is 10.7. The SMILES string of the molecule is CCC[C@H]1[C@H](C)C(NC(=O)OCc2ccccc2)c2ccnc(OS(=O)(=O)C(F)(F)F)c2N1C(C)=O. The lowest BCUT2D eigenvalue weighted by Crippen LogP contribution is -2.52. The third-order valence-electron chi connectivity index (χ3n) is 5.84. The lowest BCUT2D eigenvalue weighted by molar-refractivity contribution is -0.117. The molecule has 196 valence electrons. The fourth-order valence-corrected chi connectivity index (χ4v) is 4.66. The molecule has 0 saturated heterocycles. The third kappa shape index (κ3) is 5.72. The van der Waals surface area contributed by atoms with E-state index in [4.69, 9.17) is 4.74 Å². The van der Waals surface area contributed by atoms with E-state index in [9.17, 15) is 31.2 Å². The zero-order chi connectivity index (χ0) is 26.7. The summed E-state index contributed by atoms with van der Waals surface area (Å²) in [6, 6.07) is 8.87. The van der Waals surface area contributed by atoms with Crippen molar-refractivity contribution in [1.82, 2.24) is 10.3 Å². The summed E-state index contributed by atoms with van der Waals surface area (Å²) in [5.41, 5.74) is -5.04. The molecule has 2 amide bonds. The molecule has 1 aliphatic heterocycles. The first-order chi connectivity index (χ1) is 16.9. The number of carbonyl (C=O) groups excluding carboxylic acids is 2. The van der Waals surface area contributed by atoms with Gasteiger partial charge in [0.1, 0.15) is 12.3 Å². The molecule has 0 fully saturated rings. The maximum absolute atomic E-state index is 13.0. The Hall–Kier alpha value is -3.35. The molecule has 1 unspecified atom stereocenters. The number of hydrogen-bond donors (Lipinski definition) is 1. The molecule has 1 aromatic heterocycles. The zero-order valence-corrected chi connectivity index (χ0v) is 20.6. The second-order valence-corrected chi connectivity index (χ2v) is 9.86. The van der Waals surface area contributed by atoms with Crippen molar-refractivity contribution < 1.29 is 40.1 Å². The van der Waals surface area contributed by atoms with Crippen LogP contribution in [0.4, 0.5) is 23.7 Å². The maximum atomic E-state index is 13.0. The topological polar surface area (TPSA) is 115 Å². The van der Waals surface area contributed by atoms with Crippen LogP contribution in [0.25, 0.3) is 0 Å². The predicted octanol–water partition coefficient (Wildman–Crippen LogP) is 4.45. The number of fused-ring (bicyclic) bond motifs is 1. The monoisotopic (exact) mass is 529 g/mol. The van der Waals surface area contributed by atoms with Gasteiger partial charge in [0.2, 0.25) is 5.91 Å². The maximum Gasteiger partial charge on any atom is 0.534 e. The van der Waals surface area contributed by atoms with E-state index < -0.39 is 51.5 Å². The number of aromatic nitrogens is 1. The van der Waals surface area contributed by atoms with Crippen molar-refractivity contribution in [2.45, 2.75) is 57.8 Å². The minimum atomic E-state index is -6.07. The molecule has 3 atom stereocenters. The molecule has 2 aromatic rings. The van der Waals surface area contributed by atoms with Crippen LogP contribution in [0.15, 0.2) is 42.6 Å². The van der Waals surface area contributed by atoms with Gasteiger partial charge in [-0.25, -0.2) is 9.78 Å². The molecule has 1 N–H and O–H groups in total. The van der Waals surface area contributed by atoms with Crippen molar-refractivity contribution >= 4 is 27.8 Å². The zero-order valence-electron chi connectivity index (χ0n) is 19.8. The Morgan fingerprint density at radius 2 is 1.83 bits per heavy atom. The van der Waals surface area contributed by atoms with E-state index in [1.807, 2.05) is 13.0 Å². The summed E-state index contributed by atoms with van der Waals surface area (Å²) in [5, 5.41) is 2.71. The molecule has 36 heavy (non-hydrogen) atoms. The molecule has 0 radical (unpaired) electrons. The first-order valence-electron chi connectivity index (χ1n) is 11.1. The number of alkyl carbamates (subject to hydrolysis) is 1. The molecule has 3 rings (SSSR count). The molecule has 0 aliphatic carbocycles. The first kappa shape index (κ1) is 27.2. The number of hydrogen-bond acceptors (Lipinski definition) is 7. The molecule has 9 nitrogen and oxygen atoms in total. The number of halogens is 3. The van der Waals surface area contributed by atoms with Gasteiger partial charge in [0.25, 0.3) is 5.88 Å². The number of benzene rings is 1. The molecular formula is C23H26F3N3O6S. The molecule has 1 aliphatic rings. The lowest BCUT2D eigenvalue weighted by atomic mass is 9.80. The minimum Gasteiger partial charge on any atom is -0.445 e. The van der Waals surface area contributed by atoms with E-state index in [1.165, 1.54) is 17.9 Å². The standard InChI is InChI=1S/C23H26F3N3O6S/c1-4-8-18-14(2)19(28-22(31)34-13-16-9-6-5-7-10-16)17-11-12-27-21(20(17)29(18)15(3)30)35-36(32,33)23(24,25)26/h5-7,9-12,14,18-19H,4,8,13H2,1-3H3,(H,28,31)/t14-,18-,19?/m0/s1. The van der Waals surface area contributed by atoms with Crippen LogP contribution in [0, 0.1) is 5.92 Å². The van der Waals surface area contributed by atoms with Crippen LogP contribution in [-0.4, -0.2) is 37.0 Å². The van der Waals surface area contributed by atoms with Crippen LogP contribution in [-0.2, 0) is 26.3 Å². The summed E-state index contributed by atoms with van der Waals surface area (Å²) < 4.78 is 72.3. The van der Waals surface area contributed by atoms with Gasteiger partial charge in [0.05, 0.1) is 6.04 Å². The number of rotatable bonds is 7. The number of pyridine rings is 1. The van der Waals surface area contributed by atoms with E-state index in [1.54, 1.807) is 31.2 Å². The number of alkyl halides is 3. The average Bonchev–Trinajstić information content (AvgIpc) is 2.80. The highest BCUT2D eigenvalue weighted by Crippen LogP contribution is 2.46. The van der Waals surface area contributed by atoms with Crippen LogP contribution < -0.4 is 14.4 Å². The van der Waals surface area contributed by atoms with Crippen molar-refractivity contribution in [3.63, 3.8) is 0 Å². The third-order valence-corrected chi connectivity index (χ3v) is 6.79. The number of amides is 2. The van der Waals surface area contributed by atoms with Crippen molar-refractivity contribution in [3.8, 4) is 5.88 Å². The van der Waals surface area contributed by atoms with Gasteiger partial charge in [-0.2, -0.15) is 21.6 Å². The van der Waals surface area contributed by atoms with Crippen molar-refractivity contribution in [2.75, 3.05) is 4.90 Å². The van der Waals surface area contributed by atoms with Gasteiger partial charge < -0.3 is 19.1 Å². The van der Waals surface area contributed by atoms with Crippen LogP contribution in [0.1, 0.15) is 50.8 Å². The summed E-state index contributed by atoms with van der Waals surface area (Å²) in [5.74, 6) is -1.87. The fraction of sp³-hybridized carbons (Fsp3) is 0.435. The predicted molar refractivity (Wildman–Crippen MR) is 123 cm³/mol. The second-order valence-electron chi connectivity index (χ2n) is 8.33. The molecule has 13 heteroatoms. The van der Waals surface area contributed by atoms with Gasteiger partial charge in [0.15, 0.2) is 0 Å². The molecule has 0 saturated carbocycles. The Labute approximate surface area is 206 Å². The fourth-order valence-electron chi connectivity index (χ4n) is 4.24. The van der Waals surface area contributed by atoms with Gasteiger partial charge in [0, 0.05) is 30.6 Å². The molecule has 2 heterocycles. The normalized spacial score (nSPS) is 19.8. The highest BCUT2D eigenvalue weighted by molar-refractivity contribution is 7.88. The summed E-state index contributed by atoms with van der Waals surface area (Å²) in [6.07, 6.45) is 1.26. The molecule has 0 spiro atoms. The summed E-state index contributed by atoms with van der Waals surface area (Å²) in [4.78, 5) is 30.2.